The SMILES string of the molecule is [C-]#[N+]c1c(OC[C@H]2C[C@@H]2c2ccc(F)cc2)ccnc1NN. The first-order valence-electron chi connectivity index (χ1n) is 6.94. The number of nitrogens with one attached hydrogen (secondary N) is 1. The summed E-state index contributed by atoms with van der Waals surface area (Å²) in [5.41, 5.74) is 3.80. The van der Waals surface area contributed by atoms with Crippen LogP contribution in [0.4, 0.5) is 15.9 Å². The molecule has 0 aliphatic heterocycles. The Hall–Kier alpha value is -2.65. The van der Waals surface area contributed by atoms with Crippen LogP contribution in [0.2, 0.25) is 0 Å². The number of nitrogen functional groups attached to an aromatic ring is 1. The van der Waals surface area contributed by atoms with Gasteiger partial charge >= 0.3 is 0 Å². The van der Waals surface area contributed by atoms with Crippen LogP contribution < -0.4 is 16.0 Å². The van der Waals surface area contributed by atoms with Gasteiger partial charge in [-0.2, -0.15) is 0 Å². The Morgan fingerprint density at radius 3 is 2.82 bits per heavy atom. The number of nitrogens with two attached hydrogens (primary N) is 1. The highest BCUT2D eigenvalue weighted by Crippen LogP contribution is 2.48. The number of hydrogen-bond acceptors (Lipinski definition) is 4. The van der Waals surface area contributed by atoms with Gasteiger partial charge in [0.2, 0.25) is 0 Å². The van der Waals surface area contributed by atoms with E-state index >= 15 is 0 Å². The number of halogens is 1. The fraction of sp³-hybridized carbons (Fsp3) is 0.250. The molecule has 3 rings (SSSR count). The quantitative estimate of drug-likeness (QED) is 0.505. The van der Waals surface area contributed by atoms with Crippen LogP contribution in [-0.2, 0) is 0 Å². The van der Waals surface area contributed by atoms with Crippen LogP contribution in [0.1, 0.15) is 17.9 Å². The molecule has 112 valence electrons. The minimum Gasteiger partial charge on any atom is -0.504 e. The summed E-state index contributed by atoms with van der Waals surface area (Å²) in [6.07, 6.45) is 2.55. The first-order chi connectivity index (χ1) is 10.7. The van der Waals surface area contributed by atoms with Crippen molar-refractivity contribution in [3.8, 4) is 5.75 Å². The number of pyridine rings is 1. The van der Waals surface area contributed by atoms with E-state index in [-0.39, 0.29) is 11.5 Å². The lowest BCUT2D eigenvalue weighted by Gasteiger charge is -2.10. The van der Waals surface area contributed by atoms with Crippen molar-refractivity contribution in [3.05, 3.63) is 59.3 Å². The molecule has 2 aromatic rings. The van der Waals surface area contributed by atoms with E-state index in [0.717, 1.165) is 12.0 Å². The highest BCUT2D eigenvalue weighted by atomic mass is 19.1. The van der Waals surface area contributed by atoms with Crippen molar-refractivity contribution in [2.75, 3.05) is 12.0 Å². The molecule has 0 spiro atoms. The number of aromatic nitrogens is 1. The maximum atomic E-state index is 12.9. The molecular formula is C16H15FN4O. The van der Waals surface area contributed by atoms with Crippen LogP contribution in [0.25, 0.3) is 4.85 Å². The number of hydrazine groups is 1. The van der Waals surface area contributed by atoms with E-state index in [2.05, 4.69) is 15.3 Å². The summed E-state index contributed by atoms with van der Waals surface area (Å²) < 4.78 is 18.7. The number of rotatable bonds is 5. The average Bonchev–Trinajstić information content (AvgIpc) is 3.32. The molecule has 1 aliphatic carbocycles. The van der Waals surface area contributed by atoms with Crippen LogP contribution in [-0.4, -0.2) is 11.6 Å². The first kappa shape index (κ1) is 14.3. The van der Waals surface area contributed by atoms with Crippen LogP contribution in [0.15, 0.2) is 36.5 Å². The first-order valence-corrected chi connectivity index (χ1v) is 6.94. The molecule has 0 amide bonds. The van der Waals surface area contributed by atoms with Crippen molar-refractivity contribution in [3.63, 3.8) is 0 Å². The van der Waals surface area contributed by atoms with Crippen molar-refractivity contribution in [1.29, 1.82) is 0 Å². The van der Waals surface area contributed by atoms with Crippen LogP contribution in [0, 0.1) is 18.3 Å². The lowest BCUT2D eigenvalue weighted by atomic mass is 10.1. The third kappa shape index (κ3) is 2.85. The van der Waals surface area contributed by atoms with E-state index in [9.17, 15) is 4.39 Å². The van der Waals surface area contributed by atoms with E-state index < -0.39 is 0 Å². The summed E-state index contributed by atoms with van der Waals surface area (Å²) in [4.78, 5) is 7.38. The maximum Gasteiger partial charge on any atom is 0.270 e. The van der Waals surface area contributed by atoms with Crippen LogP contribution >= 0.6 is 0 Å². The summed E-state index contributed by atoms with van der Waals surface area (Å²) in [6.45, 7) is 7.71. The van der Waals surface area contributed by atoms with Gasteiger partial charge in [-0.15, -0.1) is 0 Å². The number of benzene rings is 1. The van der Waals surface area contributed by atoms with Gasteiger partial charge in [0, 0.05) is 12.1 Å². The van der Waals surface area contributed by atoms with Crippen molar-refractivity contribution >= 4 is 11.5 Å². The molecule has 0 unspecified atom stereocenters. The molecule has 22 heavy (non-hydrogen) atoms. The molecule has 1 fully saturated rings. The van der Waals surface area contributed by atoms with Crippen LogP contribution in [0.3, 0.4) is 0 Å². The summed E-state index contributed by atoms with van der Waals surface area (Å²) in [5.74, 6) is 6.66. The topological polar surface area (TPSA) is 64.5 Å². The third-order valence-corrected chi connectivity index (χ3v) is 3.81. The highest BCUT2D eigenvalue weighted by molar-refractivity contribution is 5.72. The Kier molecular flexibility index (Phi) is 3.90. The molecule has 1 saturated carbocycles. The van der Waals surface area contributed by atoms with Gasteiger partial charge in [-0.05, 0) is 36.1 Å². The molecule has 0 saturated heterocycles. The standard InChI is InChI=1S/C16H15FN4O/c1-19-15-14(6-7-20-16(15)21-18)22-9-11-8-13(11)10-2-4-12(17)5-3-10/h2-7,11,13H,8-9,18H2,(H,20,21)/t11-,13-/m1/s1. The van der Waals surface area contributed by atoms with Crippen molar-refractivity contribution in [1.82, 2.24) is 4.98 Å². The van der Waals surface area contributed by atoms with Gasteiger partial charge in [-0.25, -0.2) is 14.2 Å². The number of anilines is 1. The van der Waals surface area contributed by atoms with E-state index in [1.165, 1.54) is 12.1 Å². The Balaban J connectivity index is 1.63. The largest absolute Gasteiger partial charge is 0.504 e. The molecule has 1 aromatic heterocycles. The summed E-state index contributed by atoms with van der Waals surface area (Å²) in [7, 11) is 0. The van der Waals surface area contributed by atoms with E-state index in [0.29, 0.717) is 30.0 Å². The van der Waals surface area contributed by atoms with Crippen molar-refractivity contribution < 1.29 is 9.13 Å². The van der Waals surface area contributed by atoms with Gasteiger partial charge < -0.3 is 10.2 Å². The molecule has 1 heterocycles. The fourth-order valence-electron chi connectivity index (χ4n) is 2.51. The van der Waals surface area contributed by atoms with Gasteiger partial charge in [-0.3, -0.25) is 5.84 Å². The second kappa shape index (κ2) is 6.00. The smallest absolute Gasteiger partial charge is 0.270 e. The fourth-order valence-corrected chi connectivity index (χ4v) is 2.51. The molecular weight excluding hydrogens is 283 g/mol. The molecule has 6 heteroatoms. The summed E-state index contributed by atoms with van der Waals surface area (Å²) >= 11 is 0. The average molecular weight is 298 g/mol. The zero-order valence-electron chi connectivity index (χ0n) is 11.8. The molecule has 0 bridgehead atoms. The maximum absolute atomic E-state index is 12.9. The van der Waals surface area contributed by atoms with Crippen molar-refractivity contribution in [2.45, 2.75) is 12.3 Å². The minimum atomic E-state index is -0.225. The minimum absolute atomic E-state index is 0.225. The molecule has 5 nitrogen and oxygen atoms in total. The Bertz CT molecular complexity index is 711. The summed E-state index contributed by atoms with van der Waals surface area (Å²) in [6, 6.07) is 8.24. The van der Waals surface area contributed by atoms with Gasteiger partial charge in [0.25, 0.3) is 5.69 Å². The van der Waals surface area contributed by atoms with Crippen molar-refractivity contribution in [2.24, 2.45) is 11.8 Å². The zero-order chi connectivity index (χ0) is 15.5. The summed E-state index contributed by atoms with van der Waals surface area (Å²) in [5, 5.41) is 0. The highest BCUT2D eigenvalue weighted by Gasteiger charge is 2.38. The number of hydrogen-bond donors (Lipinski definition) is 2. The molecule has 1 aliphatic rings. The molecule has 2 atom stereocenters. The predicted molar refractivity (Wildman–Crippen MR) is 81.1 cm³/mol. The van der Waals surface area contributed by atoms with Crippen LogP contribution in [0.5, 0.6) is 5.75 Å². The normalized spacial score (nSPS) is 19.3. The molecule has 0 radical (unpaired) electrons. The predicted octanol–water partition coefficient (Wildman–Crippen LogP) is 3.24. The number of nitrogens with zero attached hydrogens (tertiary/aromatic N) is 2. The lowest BCUT2D eigenvalue weighted by molar-refractivity contribution is 0.298. The second-order valence-corrected chi connectivity index (χ2v) is 5.23. The molecule has 1 aromatic carbocycles. The van der Waals surface area contributed by atoms with Gasteiger partial charge in [0.15, 0.2) is 0 Å². The zero-order valence-corrected chi connectivity index (χ0v) is 11.8. The monoisotopic (exact) mass is 298 g/mol. The number of ether oxygens (including phenoxy) is 1. The second-order valence-electron chi connectivity index (χ2n) is 5.23. The third-order valence-electron chi connectivity index (χ3n) is 3.81. The van der Waals surface area contributed by atoms with E-state index in [1.807, 2.05) is 12.1 Å². The lowest BCUT2D eigenvalue weighted by Crippen LogP contribution is -2.09. The van der Waals surface area contributed by atoms with Gasteiger partial charge in [0.05, 0.1) is 13.2 Å². The van der Waals surface area contributed by atoms with Gasteiger partial charge in [-0.1, -0.05) is 12.1 Å². The van der Waals surface area contributed by atoms with Gasteiger partial charge in [0.1, 0.15) is 17.4 Å². The van der Waals surface area contributed by atoms with E-state index in [4.69, 9.17) is 17.2 Å². The van der Waals surface area contributed by atoms with E-state index in [1.54, 1.807) is 12.3 Å². The Morgan fingerprint density at radius 2 is 2.14 bits per heavy atom. The molecule has 3 N–H and O–H groups in total. The Labute approximate surface area is 127 Å². The Morgan fingerprint density at radius 1 is 1.36 bits per heavy atom.